The van der Waals surface area contributed by atoms with Crippen molar-refractivity contribution in [2.24, 2.45) is 0 Å². The Labute approximate surface area is 131 Å². The number of hydrogen-bond donors (Lipinski definition) is 0. The highest BCUT2D eigenvalue weighted by Gasteiger charge is 2.25. The molecule has 1 saturated heterocycles. The van der Waals surface area contributed by atoms with E-state index in [-0.39, 0.29) is 5.91 Å². The molecule has 0 unspecified atom stereocenters. The zero-order valence-corrected chi connectivity index (χ0v) is 13.3. The molecule has 1 fully saturated rings. The van der Waals surface area contributed by atoms with Gasteiger partial charge in [0.2, 0.25) is 15.9 Å². The van der Waals surface area contributed by atoms with E-state index in [0.717, 1.165) is 5.56 Å². The molecule has 1 amide bonds. The van der Waals surface area contributed by atoms with Gasteiger partial charge in [0.25, 0.3) is 0 Å². The van der Waals surface area contributed by atoms with Crippen molar-refractivity contribution in [3.05, 3.63) is 35.4 Å². The van der Waals surface area contributed by atoms with Crippen molar-refractivity contribution in [3.63, 3.8) is 0 Å². The van der Waals surface area contributed by atoms with Crippen molar-refractivity contribution in [3.8, 4) is 6.07 Å². The summed E-state index contributed by atoms with van der Waals surface area (Å²) >= 11 is 0. The van der Waals surface area contributed by atoms with Gasteiger partial charge in [-0.3, -0.25) is 4.79 Å². The fourth-order valence-corrected chi connectivity index (χ4v) is 3.25. The van der Waals surface area contributed by atoms with Crippen LogP contribution in [0.25, 0.3) is 0 Å². The van der Waals surface area contributed by atoms with Crippen LogP contribution < -0.4 is 0 Å². The molecule has 0 aromatic heterocycles. The van der Waals surface area contributed by atoms with Gasteiger partial charge >= 0.3 is 0 Å². The van der Waals surface area contributed by atoms with Gasteiger partial charge in [0.1, 0.15) is 0 Å². The summed E-state index contributed by atoms with van der Waals surface area (Å²) in [4.78, 5) is 13.9. The van der Waals surface area contributed by atoms with Crippen LogP contribution in [0, 0.1) is 11.3 Å². The number of nitrogens with zero attached hydrogens (tertiary/aromatic N) is 3. The van der Waals surface area contributed by atoms with Crippen molar-refractivity contribution in [1.82, 2.24) is 9.21 Å². The van der Waals surface area contributed by atoms with Gasteiger partial charge in [-0.25, -0.2) is 8.42 Å². The molecule has 1 aromatic rings. The minimum atomic E-state index is -3.17. The Morgan fingerprint density at radius 1 is 1.18 bits per heavy atom. The van der Waals surface area contributed by atoms with Crippen LogP contribution in [0.1, 0.15) is 17.5 Å². The van der Waals surface area contributed by atoms with E-state index in [1.807, 2.05) is 12.1 Å². The Hall–Kier alpha value is -1.91. The van der Waals surface area contributed by atoms with E-state index >= 15 is 0 Å². The lowest BCUT2D eigenvalue weighted by atomic mass is 10.1. The predicted molar refractivity (Wildman–Crippen MR) is 82.5 cm³/mol. The molecule has 118 valence electrons. The van der Waals surface area contributed by atoms with Gasteiger partial charge < -0.3 is 4.90 Å². The quantitative estimate of drug-likeness (QED) is 0.813. The first-order valence-corrected chi connectivity index (χ1v) is 8.97. The van der Waals surface area contributed by atoms with Crippen LogP contribution >= 0.6 is 0 Å². The average molecular weight is 321 g/mol. The van der Waals surface area contributed by atoms with E-state index in [0.29, 0.717) is 44.6 Å². The van der Waals surface area contributed by atoms with Gasteiger partial charge in [0, 0.05) is 32.6 Å². The first-order chi connectivity index (χ1) is 10.4. The second-order valence-corrected chi connectivity index (χ2v) is 7.33. The molecule has 1 heterocycles. The van der Waals surface area contributed by atoms with Gasteiger partial charge in [-0.2, -0.15) is 9.57 Å². The third kappa shape index (κ3) is 4.29. The molecule has 2 rings (SSSR count). The van der Waals surface area contributed by atoms with E-state index in [2.05, 4.69) is 6.07 Å². The SMILES string of the molecule is CS(=O)(=O)N1CCN(C(=O)CCc2ccc(C#N)cc2)CC1. The van der Waals surface area contributed by atoms with Gasteiger partial charge in [-0.15, -0.1) is 0 Å². The number of rotatable bonds is 4. The highest BCUT2D eigenvalue weighted by molar-refractivity contribution is 7.88. The normalized spacial score (nSPS) is 16.3. The minimum absolute atomic E-state index is 0.0394. The number of sulfonamides is 1. The molecule has 0 bridgehead atoms. The molecule has 0 saturated carbocycles. The summed E-state index contributed by atoms with van der Waals surface area (Å²) in [5, 5.41) is 8.74. The van der Waals surface area contributed by atoms with Gasteiger partial charge in [-0.1, -0.05) is 12.1 Å². The van der Waals surface area contributed by atoms with Crippen LogP contribution in [-0.2, 0) is 21.2 Å². The Balaban J connectivity index is 1.82. The van der Waals surface area contributed by atoms with E-state index < -0.39 is 10.0 Å². The number of aryl methyl sites for hydroxylation is 1. The zero-order chi connectivity index (χ0) is 16.2. The first-order valence-electron chi connectivity index (χ1n) is 7.12. The molecular formula is C15H19N3O3S. The Bertz CT molecular complexity index is 669. The van der Waals surface area contributed by atoms with E-state index in [1.54, 1.807) is 17.0 Å². The molecular weight excluding hydrogens is 302 g/mol. The molecule has 6 nitrogen and oxygen atoms in total. The van der Waals surface area contributed by atoms with E-state index in [4.69, 9.17) is 5.26 Å². The van der Waals surface area contributed by atoms with Crippen molar-refractivity contribution >= 4 is 15.9 Å². The zero-order valence-electron chi connectivity index (χ0n) is 12.5. The van der Waals surface area contributed by atoms with Crippen LogP contribution in [0.4, 0.5) is 0 Å². The molecule has 7 heteroatoms. The second-order valence-electron chi connectivity index (χ2n) is 5.35. The standard InChI is InChI=1S/C15H19N3O3S/c1-22(20,21)18-10-8-17(9-11-18)15(19)7-6-13-2-4-14(12-16)5-3-13/h2-5H,6-11H2,1H3. The lowest BCUT2D eigenvalue weighted by molar-refractivity contribution is -0.132. The summed E-state index contributed by atoms with van der Waals surface area (Å²) in [5.41, 5.74) is 1.62. The van der Waals surface area contributed by atoms with E-state index in [1.165, 1.54) is 10.6 Å². The lowest BCUT2D eigenvalue weighted by Crippen LogP contribution is -2.50. The summed E-state index contributed by atoms with van der Waals surface area (Å²) in [7, 11) is -3.17. The van der Waals surface area contributed by atoms with Gasteiger partial charge in [-0.05, 0) is 24.1 Å². The third-order valence-corrected chi connectivity index (χ3v) is 5.07. The molecule has 0 spiro atoms. The molecule has 0 aliphatic carbocycles. The van der Waals surface area contributed by atoms with Crippen molar-refractivity contribution in [1.29, 1.82) is 5.26 Å². The number of hydrogen-bond acceptors (Lipinski definition) is 4. The number of piperazine rings is 1. The topological polar surface area (TPSA) is 81.5 Å². The molecule has 22 heavy (non-hydrogen) atoms. The molecule has 0 radical (unpaired) electrons. The summed E-state index contributed by atoms with van der Waals surface area (Å²) < 4.78 is 24.3. The minimum Gasteiger partial charge on any atom is -0.340 e. The summed E-state index contributed by atoms with van der Waals surface area (Å²) in [6.07, 6.45) is 2.21. The molecule has 0 N–H and O–H groups in total. The van der Waals surface area contributed by atoms with Crippen LogP contribution in [0.2, 0.25) is 0 Å². The van der Waals surface area contributed by atoms with Gasteiger partial charge in [0.05, 0.1) is 17.9 Å². The molecule has 1 aliphatic heterocycles. The van der Waals surface area contributed by atoms with Crippen molar-refractivity contribution in [2.75, 3.05) is 32.4 Å². The van der Waals surface area contributed by atoms with Crippen molar-refractivity contribution in [2.45, 2.75) is 12.8 Å². The Morgan fingerprint density at radius 3 is 2.27 bits per heavy atom. The molecule has 1 aromatic carbocycles. The van der Waals surface area contributed by atoms with Crippen molar-refractivity contribution < 1.29 is 13.2 Å². The summed E-state index contributed by atoms with van der Waals surface area (Å²) in [6.45, 7) is 1.61. The maximum atomic E-state index is 12.2. The Morgan fingerprint density at radius 2 is 1.77 bits per heavy atom. The van der Waals surface area contributed by atoms with Crippen LogP contribution in [-0.4, -0.2) is 56.0 Å². The fourth-order valence-electron chi connectivity index (χ4n) is 2.42. The average Bonchev–Trinajstić information content (AvgIpc) is 2.52. The predicted octanol–water partition coefficient (Wildman–Crippen LogP) is 0.595. The highest BCUT2D eigenvalue weighted by Crippen LogP contribution is 2.10. The summed E-state index contributed by atoms with van der Waals surface area (Å²) in [5.74, 6) is 0.0394. The second kappa shape index (κ2) is 6.90. The first kappa shape index (κ1) is 16.5. The Kier molecular flexibility index (Phi) is 5.16. The highest BCUT2D eigenvalue weighted by atomic mass is 32.2. The number of benzene rings is 1. The van der Waals surface area contributed by atoms with E-state index in [9.17, 15) is 13.2 Å². The number of carbonyl (C=O) groups excluding carboxylic acids is 1. The van der Waals surface area contributed by atoms with Gasteiger partial charge in [0.15, 0.2) is 0 Å². The molecule has 1 aliphatic rings. The monoisotopic (exact) mass is 321 g/mol. The third-order valence-electron chi connectivity index (χ3n) is 3.77. The number of nitriles is 1. The molecule has 0 atom stereocenters. The maximum Gasteiger partial charge on any atom is 0.222 e. The van der Waals surface area contributed by atoms with Crippen LogP contribution in [0.5, 0.6) is 0 Å². The largest absolute Gasteiger partial charge is 0.340 e. The lowest BCUT2D eigenvalue weighted by Gasteiger charge is -2.33. The van der Waals surface area contributed by atoms with Crippen LogP contribution in [0.3, 0.4) is 0 Å². The fraction of sp³-hybridized carbons (Fsp3) is 0.467. The number of amides is 1. The number of carbonyl (C=O) groups is 1. The smallest absolute Gasteiger partial charge is 0.222 e. The van der Waals surface area contributed by atoms with Crippen LogP contribution in [0.15, 0.2) is 24.3 Å². The summed E-state index contributed by atoms with van der Waals surface area (Å²) in [6, 6.07) is 9.25. The maximum absolute atomic E-state index is 12.2.